The van der Waals surface area contributed by atoms with Crippen LogP contribution in [0.25, 0.3) is 10.9 Å². The molecule has 0 saturated carbocycles. The van der Waals surface area contributed by atoms with Crippen molar-refractivity contribution < 1.29 is 19.4 Å². The van der Waals surface area contributed by atoms with E-state index >= 15 is 0 Å². The molecule has 1 amide bonds. The molecule has 0 unspecified atom stereocenters. The number of benzene rings is 3. The van der Waals surface area contributed by atoms with Crippen LogP contribution >= 0.6 is 0 Å². The van der Waals surface area contributed by atoms with Crippen molar-refractivity contribution in [3.63, 3.8) is 0 Å². The van der Waals surface area contributed by atoms with Gasteiger partial charge in [0.25, 0.3) is 0 Å². The van der Waals surface area contributed by atoms with Crippen LogP contribution in [0.5, 0.6) is 5.75 Å². The molecule has 35 heavy (non-hydrogen) atoms. The van der Waals surface area contributed by atoms with Gasteiger partial charge in [0.05, 0.1) is 23.2 Å². The Morgan fingerprint density at radius 3 is 2.66 bits per heavy atom. The highest BCUT2D eigenvalue weighted by molar-refractivity contribution is 5.96. The number of para-hydroxylation sites is 1. The third-order valence-electron chi connectivity index (χ3n) is 5.73. The number of aryl methyl sites for hydroxylation is 1. The van der Waals surface area contributed by atoms with Crippen molar-refractivity contribution in [1.82, 2.24) is 4.98 Å². The van der Waals surface area contributed by atoms with Crippen LogP contribution < -0.4 is 10.1 Å². The molecule has 0 radical (unpaired) electrons. The first-order valence-electron chi connectivity index (χ1n) is 11.7. The second-order valence-electron chi connectivity index (χ2n) is 8.44. The number of carbonyl (C=O) groups is 2. The van der Waals surface area contributed by atoms with E-state index in [1.54, 1.807) is 24.3 Å². The third kappa shape index (κ3) is 6.44. The molecule has 2 N–H and O–H groups in total. The summed E-state index contributed by atoms with van der Waals surface area (Å²) in [5.74, 6) is -0.716. The van der Waals surface area contributed by atoms with E-state index in [1.807, 2.05) is 54.6 Å². The van der Waals surface area contributed by atoms with Crippen LogP contribution in [0.1, 0.15) is 46.9 Å². The van der Waals surface area contributed by atoms with Gasteiger partial charge in [-0.1, -0.05) is 55.8 Å². The number of carboxylic acids is 1. The largest absolute Gasteiger partial charge is 0.487 e. The number of rotatable bonds is 10. The van der Waals surface area contributed by atoms with Gasteiger partial charge in [-0.2, -0.15) is 0 Å². The number of pyridine rings is 1. The highest BCUT2D eigenvalue weighted by Crippen LogP contribution is 2.21. The lowest BCUT2D eigenvalue weighted by Crippen LogP contribution is -2.17. The molecule has 0 bridgehead atoms. The van der Waals surface area contributed by atoms with Gasteiger partial charge in [0.2, 0.25) is 5.91 Å². The fourth-order valence-electron chi connectivity index (χ4n) is 3.93. The number of hydrogen-bond donors (Lipinski definition) is 2. The molecule has 6 heteroatoms. The van der Waals surface area contributed by atoms with E-state index < -0.39 is 5.97 Å². The molecule has 0 saturated heterocycles. The van der Waals surface area contributed by atoms with Gasteiger partial charge in [0.15, 0.2) is 0 Å². The van der Waals surface area contributed by atoms with Crippen molar-refractivity contribution in [1.29, 1.82) is 0 Å². The molecule has 0 aliphatic heterocycles. The number of fused-ring (bicyclic) bond motifs is 1. The van der Waals surface area contributed by atoms with Gasteiger partial charge in [0, 0.05) is 17.1 Å². The number of anilines is 1. The monoisotopic (exact) mass is 468 g/mol. The lowest BCUT2D eigenvalue weighted by molar-refractivity contribution is -0.115. The van der Waals surface area contributed by atoms with Crippen molar-refractivity contribution in [3.05, 3.63) is 101 Å². The quantitative estimate of drug-likeness (QED) is 0.296. The van der Waals surface area contributed by atoms with Crippen molar-refractivity contribution in [2.24, 2.45) is 0 Å². The molecule has 3 aromatic carbocycles. The van der Waals surface area contributed by atoms with E-state index in [-0.39, 0.29) is 17.9 Å². The van der Waals surface area contributed by atoms with E-state index in [4.69, 9.17) is 4.74 Å². The first-order chi connectivity index (χ1) is 17.0. The second kappa shape index (κ2) is 11.3. The van der Waals surface area contributed by atoms with E-state index in [0.29, 0.717) is 23.6 Å². The zero-order valence-electron chi connectivity index (χ0n) is 19.7. The van der Waals surface area contributed by atoms with E-state index in [2.05, 4.69) is 17.2 Å². The Balaban J connectivity index is 1.40. The van der Waals surface area contributed by atoms with Crippen LogP contribution in [0.15, 0.2) is 78.9 Å². The number of carbonyl (C=O) groups excluding carboxylic acids is 1. The second-order valence-corrected chi connectivity index (χ2v) is 8.44. The van der Waals surface area contributed by atoms with Gasteiger partial charge < -0.3 is 15.2 Å². The number of unbranched alkanes of at least 4 members (excludes halogenated alkanes) is 1. The smallest absolute Gasteiger partial charge is 0.335 e. The number of carboxylic acid groups (broad SMARTS) is 1. The Bertz CT molecular complexity index is 1350. The number of nitrogens with zero attached hydrogens (tertiary/aromatic N) is 1. The minimum atomic E-state index is -1.03. The minimum Gasteiger partial charge on any atom is -0.487 e. The predicted molar refractivity (Wildman–Crippen MR) is 137 cm³/mol. The Hall–Kier alpha value is -4.19. The number of aromatic carboxylic acids is 1. The average Bonchev–Trinajstić information content (AvgIpc) is 2.86. The molecule has 4 aromatic rings. The molecular formula is C29H28N2O4. The van der Waals surface area contributed by atoms with Crippen molar-refractivity contribution in [3.8, 4) is 5.75 Å². The van der Waals surface area contributed by atoms with Gasteiger partial charge in [-0.25, -0.2) is 9.78 Å². The maximum absolute atomic E-state index is 12.7. The molecule has 6 nitrogen and oxygen atoms in total. The fourth-order valence-corrected chi connectivity index (χ4v) is 3.93. The lowest BCUT2D eigenvalue weighted by atomic mass is 9.98. The van der Waals surface area contributed by atoms with Gasteiger partial charge in [-0.05, 0) is 54.3 Å². The Kier molecular flexibility index (Phi) is 7.73. The maximum Gasteiger partial charge on any atom is 0.335 e. The SMILES string of the molecule is CCCCc1ccc(C(=O)O)c(CC(=O)Nc2cccc(OCc3ccc4ccccc4n3)c2)c1. The lowest BCUT2D eigenvalue weighted by Gasteiger charge is -2.11. The normalized spacial score (nSPS) is 10.8. The van der Waals surface area contributed by atoms with Gasteiger partial charge in [-0.15, -0.1) is 0 Å². The maximum atomic E-state index is 12.7. The fraction of sp³-hybridized carbons (Fsp3) is 0.207. The number of hydrogen-bond acceptors (Lipinski definition) is 4. The summed E-state index contributed by atoms with van der Waals surface area (Å²) >= 11 is 0. The van der Waals surface area contributed by atoms with Crippen LogP contribution in [0, 0.1) is 0 Å². The summed E-state index contributed by atoms with van der Waals surface area (Å²) in [6.45, 7) is 2.41. The van der Waals surface area contributed by atoms with Crippen LogP contribution in [0.3, 0.4) is 0 Å². The molecule has 0 aliphatic rings. The number of ether oxygens (including phenoxy) is 1. The molecule has 0 spiro atoms. The summed E-state index contributed by atoms with van der Waals surface area (Å²) in [6.07, 6.45) is 2.90. The summed E-state index contributed by atoms with van der Waals surface area (Å²) < 4.78 is 5.89. The standard InChI is InChI=1S/C29H28N2O4/c1-2-3-7-20-12-15-26(29(33)34)22(16-20)17-28(32)31-23-9-6-10-25(18-23)35-19-24-14-13-21-8-4-5-11-27(21)30-24/h4-6,8-16,18H,2-3,7,17,19H2,1H3,(H,31,32)(H,33,34). The molecule has 1 heterocycles. The Morgan fingerprint density at radius 1 is 0.971 bits per heavy atom. The summed E-state index contributed by atoms with van der Waals surface area (Å²) in [7, 11) is 0. The predicted octanol–water partition coefficient (Wildman–Crippen LogP) is 6.04. The molecule has 4 rings (SSSR count). The van der Waals surface area contributed by atoms with Gasteiger partial charge in [0.1, 0.15) is 12.4 Å². The van der Waals surface area contributed by atoms with Crippen LogP contribution in [0.4, 0.5) is 5.69 Å². The summed E-state index contributed by atoms with van der Waals surface area (Å²) in [5, 5.41) is 13.5. The molecule has 0 aliphatic carbocycles. The molecule has 1 aromatic heterocycles. The van der Waals surface area contributed by atoms with Crippen molar-refractivity contribution in [2.45, 2.75) is 39.2 Å². The number of amides is 1. The van der Waals surface area contributed by atoms with Gasteiger partial charge in [-0.3, -0.25) is 4.79 Å². The van der Waals surface area contributed by atoms with E-state index in [9.17, 15) is 14.7 Å². The summed E-state index contributed by atoms with van der Waals surface area (Å²) in [4.78, 5) is 29.0. The molecule has 0 fully saturated rings. The Labute approximate surface area is 204 Å². The van der Waals surface area contributed by atoms with Crippen LogP contribution in [-0.2, 0) is 24.2 Å². The molecular weight excluding hydrogens is 440 g/mol. The average molecular weight is 469 g/mol. The summed E-state index contributed by atoms with van der Waals surface area (Å²) in [6, 6.07) is 24.2. The zero-order chi connectivity index (χ0) is 24.6. The Morgan fingerprint density at radius 2 is 1.83 bits per heavy atom. The van der Waals surface area contributed by atoms with E-state index in [1.165, 1.54) is 0 Å². The number of aromatic nitrogens is 1. The highest BCUT2D eigenvalue weighted by Gasteiger charge is 2.14. The topological polar surface area (TPSA) is 88.5 Å². The van der Waals surface area contributed by atoms with Crippen molar-refractivity contribution in [2.75, 3.05) is 5.32 Å². The number of nitrogens with one attached hydrogen (secondary N) is 1. The van der Waals surface area contributed by atoms with E-state index in [0.717, 1.165) is 41.4 Å². The zero-order valence-corrected chi connectivity index (χ0v) is 19.7. The third-order valence-corrected chi connectivity index (χ3v) is 5.73. The van der Waals surface area contributed by atoms with Crippen LogP contribution in [0.2, 0.25) is 0 Å². The minimum absolute atomic E-state index is 0.0201. The van der Waals surface area contributed by atoms with Crippen LogP contribution in [-0.4, -0.2) is 22.0 Å². The summed E-state index contributed by atoms with van der Waals surface area (Å²) in [5.41, 5.74) is 4.01. The van der Waals surface area contributed by atoms with Gasteiger partial charge >= 0.3 is 5.97 Å². The molecule has 178 valence electrons. The molecule has 0 atom stereocenters. The first-order valence-corrected chi connectivity index (χ1v) is 11.7. The first kappa shape index (κ1) is 24.0. The highest BCUT2D eigenvalue weighted by atomic mass is 16.5. The van der Waals surface area contributed by atoms with Crippen molar-refractivity contribution >= 4 is 28.5 Å².